The zero-order chi connectivity index (χ0) is 16.2. The fourth-order valence-corrected chi connectivity index (χ4v) is 3.57. The number of carbonyl (C=O) groups is 1. The lowest BCUT2D eigenvalue weighted by Gasteiger charge is -2.36. The number of nitriles is 1. The zero-order valence-corrected chi connectivity index (χ0v) is 14.1. The monoisotopic (exact) mass is 345 g/mol. The van der Waals surface area contributed by atoms with Gasteiger partial charge in [-0.1, -0.05) is 29.8 Å². The van der Waals surface area contributed by atoms with Gasteiger partial charge in [0.15, 0.2) is 0 Å². The van der Waals surface area contributed by atoms with Crippen molar-refractivity contribution in [2.24, 2.45) is 0 Å². The van der Waals surface area contributed by atoms with Crippen molar-refractivity contribution in [2.45, 2.75) is 6.04 Å². The van der Waals surface area contributed by atoms with Crippen LogP contribution in [0.3, 0.4) is 0 Å². The van der Waals surface area contributed by atoms with Crippen LogP contribution in [0.25, 0.3) is 0 Å². The van der Waals surface area contributed by atoms with Gasteiger partial charge < -0.3 is 4.90 Å². The van der Waals surface area contributed by atoms with Gasteiger partial charge in [0.1, 0.15) is 6.04 Å². The van der Waals surface area contributed by atoms with Gasteiger partial charge in [0.2, 0.25) is 0 Å². The average Bonchev–Trinajstić information content (AvgIpc) is 3.12. The van der Waals surface area contributed by atoms with Gasteiger partial charge in [-0.25, -0.2) is 0 Å². The van der Waals surface area contributed by atoms with E-state index in [-0.39, 0.29) is 11.9 Å². The molecule has 0 bridgehead atoms. The third-order valence-electron chi connectivity index (χ3n) is 4.01. The van der Waals surface area contributed by atoms with Crippen molar-refractivity contribution < 1.29 is 4.79 Å². The first-order chi connectivity index (χ1) is 11.2. The lowest BCUT2D eigenvalue weighted by Crippen LogP contribution is -2.49. The minimum atomic E-state index is -0.300. The van der Waals surface area contributed by atoms with Crippen molar-refractivity contribution in [2.75, 3.05) is 26.2 Å². The van der Waals surface area contributed by atoms with Gasteiger partial charge in [0, 0.05) is 31.2 Å². The van der Waals surface area contributed by atoms with E-state index >= 15 is 0 Å². The highest BCUT2D eigenvalue weighted by Crippen LogP contribution is 2.24. The summed E-state index contributed by atoms with van der Waals surface area (Å²) in [6, 6.07) is 13.2. The molecule has 1 aromatic carbocycles. The second-order valence-electron chi connectivity index (χ2n) is 5.39. The Hall–Kier alpha value is -1.87. The number of rotatable bonds is 3. The van der Waals surface area contributed by atoms with Crippen LogP contribution < -0.4 is 0 Å². The number of piperazine rings is 1. The molecule has 2 heterocycles. The predicted octanol–water partition coefficient (Wildman–Crippen LogP) is 3.42. The van der Waals surface area contributed by atoms with E-state index in [0.29, 0.717) is 31.2 Å². The molecule has 2 aromatic rings. The highest BCUT2D eigenvalue weighted by Gasteiger charge is 2.27. The molecule has 0 aliphatic carbocycles. The lowest BCUT2D eigenvalue weighted by molar-refractivity contribution is 0.0611. The summed E-state index contributed by atoms with van der Waals surface area (Å²) in [5.74, 6) is 0.0830. The molecular formula is C17H16ClN3OS. The number of hydrogen-bond donors (Lipinski definition) is 0. The number of carbonyl (C=O) groups excluding carboxylic acids is 1. The maximum Gasteiger partial charge on any atom is 0.264 e. The van der Waals surface area contributed by atoms with Gasteiger partial charge >= 0.3 is 0 Å². The first-order valence-corrected chi connectivity index (χ1v) is 8.66. The molecule has 1 fully saturated rings. The van der Waals surface area contributed by atoms with Crippen LogP contribution in [0.2, 0.25) is 5.02 Å². The van der Waals surface area contributed by atoms with Crippen LogP contribution in [0.1, 0.15) is 21.3 Å². The van der Waals surface area contributed by atoms with Crippen LogP contribution >= 0.6 is 22.9 Å². The second-order valence-corrected chi connectivity index (χ2v) is 6.77. The first kappa shape index (κ1) is 16.0. The van der Waals surface area contributed by atoms with Crippen molar-refractivity contribution in [1.29, 1.82) is 5.26 Å². The summed E-state index contributed by atoms with van der Waals surface area (Å²) < 4.78 is 0. The Morgan fingerprint density at radius 2 is 1.87 bits per heavy atom. The number of amides is 1. The predicted molar refractivity (Wildman–Crippen MR) is 91.6 cm³/mol. The molecule has 1 aliphatic heterocycles. The van der Waals surface area contributed by atoms with Crippen molar-refractivity contribution >= 4 is 28.8 Å². The third kappa shape index (κ3) is 3.56. The molecule has 1 amide bonds. The quantitative estimate of drug-likeness (QED) is 0.856. The molecule has 1 saturated heterocycles. The van der Waals surface area contributed by atoms with Crippen LogP contribution in [-0.4, -0.2) is 41.9 Å². The molecule has 1 unspecified atom stereocenters. The molecule has 3 rings (SSSR count). The van der Waals surface area contributed by atoms with Gasteiger partial charge in [0.25, 0.3) is 5.91 Å². The van der Waals surface area contributed by atoms with E-state index in [0.717, 1.165) is 10.4 Å². The number of nitrogens with zero attached hydrogens (tertiary/aromatic N) is 3. The van der Waals surface area contributed by atoms with E-state index in [1.54, 1.807) is 12.1 Å². The SMILES string of the molecule is N#CC(c1ccc(Cl)cc1)N1CCN(C(=O)c2cccs2)CC1. The number of thiophene rings is 1. The van der Waals surface area contributed by atoms with E-state index < -0.39 is 0 Å². The molecule has 118 valence electrons. The minimum Gasteiger partial charge on any atom is -0.335 e. The van der Waals surface area contributed by atoms with Gasteiger partial charge in [-0.05, 0) is 29.1 Å². The van der Waals surface area contributed by atoms with Crippen LogP contribution in [-0.2, 0) is 0 Å². The van der Waals surface area contributed by atoms with Crippen molar-refractivity contribution in [3.63, 3.8) is 0 Å². The summed E-state index contributed by atoms with van der Waals surface area (Å²) in [7, 11) is 0. The fraction of sp³-hybridized carbons (Fsp3) is 0.294. The summed E-state index contributed by atoms with van der Waals surface area (Å²) in [4.78, 5) is 17.1. The molecule has 6 heteroatoms. The number of hydrogen-bond acceptors (Lipinski definition) is 4. The number of halogens is 1. The Morgan fingerprint density at radius 1 is 1.17 bits per heavy atom. The molecular weight excluding hydrogens is 330 g/mol. The Kier molecular flexibility index (Phi) is 4.97. The topological polar surface area (TPSA) is 47.3 Å². The van der Waals surface area contributed by atoms with Crippen LogP contribution in [0, 0.1) is 11.3 Å². The molecule has 0 spiro atoms. The Labute approximate surface area is 144 Å². The van der Waals surface area contributed by atoms with E-state index in [1.165, 1.54) is 11.3 Å². The Morgan fingerprint density at radius 3 is 2.43 bits per heavy atom. The largest absolute Gasteiger partial charge is 0.335 e. The van der Waals surface area contributed by atoms with E-state index in [1.807, 2.05) is 34.5 Å². The lowest BCUT2D eigenvalue weighted by atomic mass is 10.1. The maximum atomic E-state index is 12.4. The van der Waals surface area contributed by atoms with Crippen molar-refractivity contribution in [1.82, 2.24) is 9.80 Å². The summed E-state index contributed by atoms with van der Waals surface area (Å²) in [5.41, 5.74) is 0.940. The molecule has 1 atom stereocenters. The molecule has 0 saturated carbocycles. The first-order valence-electron chi connectivity index (χ1n) is 7.41. The maximum absolute atomic E-state index is 12.4. The molecule has 0 N–H and O–H groups in total. The van der Waals surface area contributed by atoms with E-state index in [4.69, 9.17) is 11.6 Å². The van der Waals surface area contributed by atoms with Crippen LogP contribution in [0.15, 0.2) is 41.8 Å². The van der Waals surface area contributed by atoms with Crippen LogP contribution in [0.5, 0.6) is 0 Å². The summed E-state index contributed by atoms with van der Waals surface area (Å²) in [6.07, 6.45) is 0. The Balaban J connectivity index is 1.64. The van der Waals surface area contributed by atoms with E-state index in [2.05, 4.69) is 11.0 Å². The van der Waals surface area contributed by atoms with Gasteiger partial charge in [0.05, 0.1) is 10.9 Å². The highest BCUT2D eigenvalue weighted by atomic mass is 35.5. The summed E-state index contributed by atoms with van der Waals surface area (Å²) in [5, 5.41) is 12.1. The van der Waals surface area contributed by atoms with Crippen molar-refractivity contribution in [3.8, 4) is 6.07 Å². The summed E-state index contributed by atoms with van der Waals surface area (Å²) >= 11 is 7.37. The zero-order valence-electron chi connectivity index (χ0n) is 12.5. The third-order valence-corrected chi connectivity index (χ3v) is 5.12. The van der Waals surface area contributed by atoms with Gasteiger partial charge in [-0.3, -0.25) is 9.69 Å². The highest BCUT2D eigenvalue weighted by molar-refractivity contribution is 7.12. The number of benzene rings is 1. The van der Waals surface area contributed by atoms with Gasteiger partial charge in [-0.15, -0.1) is 11.3 Å². The minimum absolute atomic E-state index is 0.0830. The molecule has 23 heavy (non-hydrogen) atoms. The van der Waals surface area contributed by atoms with Crippen molar-refractivity contribution in [3.05, 3.63) is 57.2 Å². The summed E-state index contributed by atoms with van der Waals surface area (Å²) in [6.45, 7) is 2.67. The van der Waals surface area contributed by atoms with E-state index in [9.17, 15) is 10.1 Å². The van der Waals surface area contributed by atoms with Gasteiger partial charge in [-0.2, -0.15) is 5.26 Å². The molecule has 1 aliphatic rings. The molecule has 0 radical (unpaired) electrons. The van der Waals surface area contributed by atoms with Crippen LogP contribution in [0.4, 0.5) is 0 Å². The Bertz CT molecular complexity index is 700. The smallest absolute Gasteiger partial charge is 0.264 e. The average molecular weight is 346 g/mol. The molecule has 1 aromatic heterocycles. The normalized spacial score (nSPS) is 16.8. The second kappa shape index (κ2) is 7.14. The fourth-order valence-electron chi connectivity index (χ4n) is 2.75. The molecule has 4 nitrogen and oxygen atoms in total. The standard InChI is InChI=1S/C17H16ClN3OS/c18-14-5-3-13(4-6-14)15(12-19)20-7-9-21(10-8-20)17(22)16-2-1-11-23-16/h1-6,11,15H,7-10H2.